The minimum atomic E-state index is -0.243. The molecule has 0 saturated heterocycles. The fraction of sp³-hybridized carbons (Fsp3) is 0.733. The van der Waals surface area contributed by atoms with Gasteiger partial charge in [-0.2, -0.15) is 0 Å². The molecule has 3 heteroatoms. The third-order valence-electron chi connectivity index (χ3n) is 4.01. The van der Waals surface area contributed by atoms with Crippen LogP contribution in [0.2, 0.25) is 0 Å². The van der Waals surface area contributed by atoms with Gasteiger partial charge in [0.25, 0.3) is 0 Å². The molecule has 0 bridgehead atoms. The van der Waals surface area contributed by atoms with Gasteiger partial charge in [-0.05, 0) is 31.9 Å². The highest BCUT2D eigenvalue weighted by Gasteiger charge is 2.22. The van der Waals surface area contributed by atoms with Crippen LogP contribution < -0.4 is 0 Å². The fourth-order valence-electron chi connectivity index (χ4n) is 3.00. The summed E-state index contributed by atoms with van der Waals surface area (Å²) in [5.41, 5.74) is 1.33. The Labute approximate surface area is 110 Å². The third kappa shape index (κ3) is 3.59. The maximum Gasteiger partial charge on any atom is 0.0639 e. The summed E-state index contributed by atoms with van der Waals surface area (Å²) in [4.78, 5) is 2.47. The molecule has 3 nitrogen and oxygen atoms in total. The summed E-state index contributed by atoms with van der Waals surface area (Å²) >= 11 is 0. The first-order chi connectivity index (χ1) is 8.66. The SMILES string of the molecule is CC(O)CN(Cc1cccn1C)C1CCCCC1. The van der Waals surface area contributed by atoms with Crippen LogP contribution in [0.1, 0.15) is 44.7 Å². The molecule has 18 heavy (non-hydrogen) atoms. The zero-order chi connectivity index (χ0) is 13.0. The number of hydrogen-bond acceptors (Lipinski definition) is 2. The van der Waals surface area contributed by atoms with Gasteiger partial charge in [0.15, 0.2) is 0 Å². The van der Waals surface area contributed by atoms with Crippen LogP contribution in [0.15, 0.2) is 18.3 Å². The summed E-state index contributed by atoms with van der Waals surface area (Å²) in [7, 11) is 2.09. The van der Waals surface area contributed by atoms with Crippen molar-refractivity contribution in [3.05, 3.63) is 24.0 Å². The van der Waals surface area contributed by atoms with Crippen molar-refractivity contribution >= 4 is 0 Å². The summed E-state index contributed by atoms with van der Waals surface area (Å²) in [6, 6.07) is 4.93. The Kier molecular flexibility index (Phi) is 4.84. The van der Waals surface area contributed by atoms with Crippen LogP contribution in [0.3, 0.4) is 0 Å². The van der Waals surface area contributed by atoms with Gasteiger partial charge >= 0.3 is 0 Å². The largest absolute Gasteiger partial charge is 0.392 e. The summed E-state index contributed by atoms with van der Waals surface area (Å²) in [5, 5.41) is 9.70. The molecule has 1 unspecified atom stereocenters. The van der Waals surface area contributed by atoms with Crippen LogP contribution in [0.4, 0.5) is 0 Å². The van der Waals surface area contributed by atoms with Crippen LogP contribution in [-0.4, -0.2) is 33.3 Å². The van der Waals surface area contributed by atoms with Crippen LogP contribution in [0.25, 0.3) is 0 Å². The molecule has 1 saturated carbocycles. The van der Waals surface area contributed by atoms with E-state index >= 15 is 0 Å². The Morgan fingerprint density at radius 3 is 2.67 bits per heavy atom. The fourth-order valence-corrected chi connectivity index (χ4v) is 3.00. The average Bonchev–Trinajstić information content (AvgIpc) is 2.75. The second kappa shape index (κ2) is 6.39. The van der Waals surface area contributed by atoms with Gasteiger partial charge in [0.1, 0.15) is 0 Å². The molecule has 1 atom stereocenters. The Bertz CT molecular complexity index is 353. The molecule has 1 fully saturated rings. The summed E-state index contributed by atoms with van der Waals surface area (Å²) in [6.45, 7) is 3.63. The quantitative estimate of drug-likeness (QED) is 0.870. The molecule has 0 spiro atoms. The highest BCUT2D eigenvalue weighted by atomic mass is 16.3. The first-order valence-electron chi connectivity index (χ1n) is 7.19. The van der Waals surface area contributed by atoms with E-state index in [-0.39, 0.29) is 6.10 Å². The molecular weight excluding hydrogens is 224 g/mol. The number of nitrogens with zero attached hydrogens (tertiary/aromatic N) is 2. The van der Waals surface area contributed by atoms with Gasteiger partial charge in [-0.1, -0.05) is 19.3 Å². The molecular formula is C15H26N2O. The molecule has 2 rings (SSSR count). The van der Waals surface area contributed by atoms with Gasteiger partial charge in [0.05, 0.1) is 6.10 Å². The van der Waals surface area contributed by atoms with E-state index in [0.29, 0.717) is 6.04 Å². The predicted molar refractivity (Wildman–Crippen MR) is 74.4 cm³/mol. The van der Waals surface area contributed by atoms with E-state index in [2.05, 4.69) is 34.8 Å². The normalized spacial score (nSPS) is 19.3. The first-order valence-corrected chi connectivity index (χ1v) is 7.19. The molecule has 0 radical (unpaired) electrons. The van der Waals surface area contributed by atoms with Crippen molar-refractivity contribution in [1.29, 1.82) is 0 Å². The number of aliphatic hydroxyl groups is 1. The monoisotopic (exact) mass is 250 g/mol. The van der Waals surface area contributed by atoms with Gasteiger partial charge < -0.3 is 9.67 Å². The van der Waals surface area contributed by atoms with E-state index in [4.69, 9.17) is 0 Å². The van der Waals surface area contributed by atoms with Crippen molar-refractivity contribution in [2.24, 2.45) is 7.05 Å². The number of aliphatic hydroxyl groups excluding tert-OH is 1. The maximum atomic E-state index is 9.70. The van der Waals surface area contributed by atoms with Crippen molar-refractivity contribution in [3.8, 4) is 0 Å². The lowest BCUT2D eigenvalue weighted by molar-refractivity contribution is 0.0753. The minimum absolute atomic E-state index is 0.243. The lowest BCUT2D eigenvalue weighted by Crippen LogP contribution is -2.40. The Morgan fingerprint density at radius 2 is 2.11 bits per heavy atom. The van der Waals surface area contributed by atoms with E-state index in [1.54, 1.807) is 0 Å². The summed E-state index contributed by atoms with van der Waals surface area (Å²) in [5.74, 6) is 0. The first kappa shape index (κ1) is 13.6. The smallest absolute Gasteiger partial charge is 0.0639 e. The summed E-state index contributed by atoms with van der Waals surface area (Å²) in [6.07, 6.45) is 8.49. The molecule has 1 aromatic heterocycles. The molecule has 102 valence electrons. The molecule has 1 aromatic rings. The van der Waals surface area contributed by atoms with Gasteiger partial charge in [0, 0.05) is 38.1 Å². The van der Waals surface area contributed by atoms with Crippen molar-refractivity contribution in [1.82, 2.24) is 9.47 Å². The second-order valence-corrected chi connectivity index (χ2v) is 5.68. The summed E-state index contributed by atoms with van der Waals surface area (Å²) < 4.78 is 2.18. The van der Waals surface area contributed by atoms with E-state index in [1.807, 2.05) is 6.92 Å². The highest BCUT2D eigenvalue weighted by Crippen LogP contribution is 2.24. The van der Waals surface area contributed by atoms with Crippen LogP contribution in [0, 0.1) is 0 Å². The number of hydrogen-bond donors (Lipinski definition) is 1. The van der Waals surface area contributed by atoms with E-state index < -0.39 is 0 Å². The molecule has 0 aliphatic heterocycles. The lowest BCUT2D eigenvalue weighted by Gasteiger charge is -2.35. The van der Waals surface area contributed by atoms with E-state index in [9.17, 15) is 5.11 Å². The van der Waals surface area contributed by atoms with Gasteiger partial charge in [-0.3, -0.25) is 4.90 Å². The zero-order valence-electron chi connectivity index (χ0n) is 11.7. The second-order valence-electron chi connectivity index (χ2n) is 5.68. The van der Waals surface area contributed by atoms with Crippen LogP contribution >= 0.6 is 0 Å². The van der Waals surface area contributed by atoms with Crippen LogP contribution in [-0.2, 0) is 13.6 Å². The molecule has 1 aliphatic rings. The third-order valence-corrected chi connectivity index (χ3v) is 4.01. The maximum absolute atomic E-state index is 9.70. The molecule has 0 aromatic carbocycles. The van der Waals surface area contributed by atoms with Gasteiger partial charge in [0.2, 0.25) is 0 Å². The molecule has 1 aliphatic carbocycles. The number of aromatic nitrogens is 1. The highest BCUT2D eigenvalue weighted by molar-refractivity contribution is 5.06. The Morgan fingerprint density at radius 1 is 1.39 bits per heavy atom. The van der Waals surface area contributed by atoms with Gasteiger partial charge in [-0.15, -0.1) is 0 Å². The molecule has 1 heterocycles. The Balaban J connectivity index is 2.02. The van der Waals surface area contributed by atoms with Crippen molar-refractivity contribution in [2.45, 2.75) is 57.7 Å². The van der Waals surface area contributed by atoms with E-state index in [1.165, 1.54) is 37.8 Å². The van der Waals surface area contributed by atoms with E-state index in [0.717, 1.165) is 13.1 Å². The average molecular weight is 250 g/mol. The van der Waals surface area contributed by atoms with Gasteiger partial charge in [-0.25, -0.2) is 0 Å². The predicted octanol–water partition coefficient (Wildman–Crippen LogP) is 2.54. The zero-order valence-corrected chi connectivity index (χ0v) is 11.7. The molecule has 1 N–H and O–H groups in total. The topological polar surface area (TPSA) is 28.4 Å². The van der Waals surface area contributed by atoms with Crippen molar-refractivity contribution in [2.75, 3.05) is 6.54 Å². The Hall–Kier alpha value is -0.800. The van der Waals surface area contributed by atoms with Crippen molar-refractivity contribution in [3.63, 3.8) is 0 Å². The number of aryl methyl sites for hydroxylation is 1. The minimum Gasteiger partial charge on any atom is -0.392 e. The van der Waals surface area contributed by atoms with Crippen molar-refractivity contribution < 1.29 is 5.11 Å². The van der Waals surface area contributed by atoms with Crippen LogP contribution in [0.5, 0.6) is 0 Å². The number of rotatable bonds is 5. The standard InChI is InChI=1S/C15H26N2O/c1-13(18)11-17(14-7-4-3-5-8-14)12-15-9-6-10-16(15)2/h6,9-10,13-14,18H,3-5,7-8,11-12H2,1-2H3. The lowest BCUT2D eigenvalue weighted by atomic mass is 9.94. The molecule has 0 amide bonds.